The van der Waals surface area contributed by atoms with E-state index >= 15 is 0 Å². The van der Waals surface area contributed by atoms with Gasteiger partial charge in [0, 0.05) is 19.6 Å². The fourth-order valence-corrected chi connectivity index (χ4v) is 2.26. The fraction of sp³-hybridized carbons (Fsp3) is 0.533. The number of rotatable bonds is 6. The molecule has 4 heteroatoms. The lowest BCUT2D eigenvalue weighted by atomic mass is 10.0. The van der Waals surface area contributed by atoms with Gasteiger partial charge in [-0.2, -0.15) is 5.26 Å². The van der Waals surface area contributed by atoms with Crippen LogP contribution in [-0.4, -0.2) is 32.3 Å². The highest BCUT2D eigenvalue weighted by Gasteiger charge is 2.27. The number of benzene rings is 1. The van der Waals surface area contributed by atoms with Crippen molar-refractivity contribution in [3.63, 3.8) is 0 Å². The highest BCUT2D eigenvalue weighted by atomic mass is 16.5. The number of ether oxygens (including phenoxy) is 1. The molecule has 0 fully saturated rings. The molecule has 0 saturated carbocycles. The predicted octanol–water partition coefficient (Wildman–Crippen LogP) is 2.41. The monoisotopic (exact) mass is 261 g/mol. The van der Waals surface area contributed by atoms with Gasteiger partial charge in [-0.05, 0) is 32.9 Å². The molecule has 19 heavy (non-hydrogen) atoms. The summed E-state index contributed by atoms with van der Waals surface area (Å²) in [7, 11) is 3.62. The molecule has 1 rings (SSSR count). The van der Waals surface area contributed by atoms with Crippen molar-refractivity contribution in [1.82, 2.24) is 5.32 Å². The molecule has 0 heterocycles. The Morgan fingerprint density at radius 3 is 2.58 bits per heavy atom. The lowest BCUT2D eigenvalue weighted by Gasteiger charge is -2.32. The summed E-state index contributed by atoms with van der Waals surface area (Å²) >= 11 is 0. The molecule has 1 unspecified atom stereocenters. The van der Waals surface area contributed by atoms with E-state index in [0.29, 0.717) is 6.54 Å². The van der Waals surface area contributed by atoms with Gasteiger partial charge in [0.1, 0.15) is 11.3 Å². The summed E-state index contributed by atoms with van der Waals surface area (Å²) in [5.74, 6) is 0.815. The zero-order valence-electron chi connectivity index (χ0n) is 12.4. The van der Waals surface area contributed by atoms with Crippen molar-refractivity contribution < 1.29 is 4.74 Å². The lowest BCUT2D eigenvalue weighted by molar-refractivity contribution is 0.399. The van der Waals surface area contributed by atoms with Crippen molar-refractivity contribution in [2.24, 2.45) is 0 Å². The molecular formula is C15H23N3O. The van der Waals surface area contributed by atoms with Crippen molar-refractivity contribution in [3.8, 4) is 11.8 Å². The highest BCUT2D eigenvalue weighted by molar-refractivity contribution is 5.58. The number of hydrogen-bond acceptors (Lipinski definition) is 4. The Labute approximate surface area is 116 Å². The number of para-hydroxylation sites is 2. The second-order valence-corrected chi connectivity index (χ2v) is 5.27. The van der Waals surface area contributed by atoms with Crippen LogP contribution < -0.4 is 15.0 Å². The van der Waals surface area contributed by atoms with E-state index in [-0.39, 0.29) is 6.04 Å². The minimum atomic E-state index is -0.593. The van der Waals surface area contributed by atoms with Gasteiger partial charge in [-0.1, -0.05) is 12.1 Å². The van der Waals surface area contributed by atoms with E-state index in [0.717, 1.165) is 11.4 Å². The topological polar surface area (TPSA) is 48.3 Å². The van der Waals surface area contributed by atoms with E-state index in [9.17, 15) is 5.26 Å². The molecule has 1 aromatic carbocycles. The molecule has 0 aliphatic rings. The van der Waals surface area contributed by atoms with Crippen LogP contribution in [0.4, 0.5) is 5.69 Å². The van der Waals surface area contributed by atoms with E-state index in [1.54, 1.807) is 7.11 Å². The standard InChI is InChI=1S/C15H23N3O/c1-12(2)17-15(3,10-16)11-18(4)13-8-6-7-9-14(13)19-5/h6-9,12,17H,11H2,1-5H3. The van der Waals surface area contributed by atoms with Gasteiger partial charge in [-0.15, -0.1) is 0 Å². The van der Waals surface area contributed by atoms with Crippen molar-refractivity contribution >= 4 is 5.69 Å². The number of methoxy groups -OCH3 is 1. The zero-order chi connectivity index (χ0) is 14.5. The van der Waals surface area contributed by atoms with Crippen LogP contribution in [0.5, 0.6) is 5.75 Å². The van der Waals surface area contributed by atoms with Gasteiger partial charge in [0.05, 0.1) is 18.9 Å². The number of likely N-dealkylation sites (N-methyl/N-ethyl adjacent to an activating group) is 1. The molecule has 1 aromatic rings. The third-order valence-electron chi connectivity index (χ3n) is 2.90. The highest BCUT2D eigenvalue weighted by Crippen LogP contribution is 2.27. The molecule has 1 atom stereocenters. The van der Waals surface area contributed by atoms with E-state index in [2.05, 4.69) is 11.4 Å². The van der Waals surface area contributed by atoms with Gasteiger partial charge in [0.2, 0.25) is 0 Å². The Morgan fingerprint density at radius 2 is 2.05 bits per heavy atom. The zero-order valence-corrected chi connectivity index (χ0v) is 12.4. The molecule has 0 amide bonds. The number of anilines is 1. The molecule has 0 aliphatic carbocycles. The van der Waals surface area contributed by atoms with Crippen LogP contribution in [-0.2, 0) is 0 Å². The van der Waals surface area contributed by atoms with Crippen LogP contribution in [0.3, 0.4) is 0 Å². The summed E-state index contributed by atoms with van der Waals surface area (Å²) < 4.78 is 5.35. The second-order valence-electron chi connectivity index (χ2n) is 5.27. The SMILES string of the molecule is COc1ccccc1N(C)CC(C)(C#N)NC(C)C. The third kappa shape index (κ3) is 4.15. The number of nitriles is 1. The quantitative estimate of drug-likeness (QED) is 0.854. The minimum Gasteiger partial charge on any atom is -0.495 e. The van der Waals surface area contributed by atoms with E-state index < -0.39 is 5.54 Å². The predicted molar refractivity (Wildman–Crippen MR) is 78.6 cm³/mol. The molecule has 0 aliphatic heterocycles. The maximum atomic E-state index is 9.39. The molecule has 0 radical (unpaired) electrons. The normalized spacial score (nSPS) is 13.7. The summed E-state index contributed by atoms with van der Waals surface area (Å²) in [6.45, 7) is 6.58. The van der Waals surface area contributed by atoms with Crippen LogP contribution >= 0.6 is 0 Å². The van der Waals surface area contributed by atoms with Crippen LogP contribution in [0, 0.1) is 11.3 Å². The minimum absolute atomic E-state index is 0.260. The van der Waals surface area contributed by atoms with Gasteiger partial charge in [-0.3, -0.25) is 5.32 Å². The van der Waals surface area contributed by atoms with Crippen molar-refractivity contribution in [3.05, 3.63) is 24.3 Å². The maximum Gasteiger partial charge on any atom is 0.142 e. The first-order chi connectivity index (χ1) is 8.91. The Morgan fingerprint density at radius 1 is 1.42 bits per heavy atom. The molecule has 0 aromatic heterocycles. The number of hydrogen-bond donors (Lipinski definition) is 1. The van der Waals surface area contributed by atoms with Crippen LogP contribution in [0.2, 0.25) is 0 Å². The van der Waals surface area contributed by atoms with Crippen molar-refractivity contribution in [2.75, 3.05) is 25.6 Å². The number of nitrogens with one attached hydrogen (secondary N) is 1. The van der Waals surface area contributed by atoms with Gasteiger partial charge >= 0.3 is 0 Å². The van der Waals surface area contributed by atoms with Crippen LogP contribution in [0.15, 0.2) is 24.3 Å². The van der Waals surface area contributed by atoms with Gasteiger partial charge in [-0.25, -0.2) is 0 Å². The average molecular weight is 261 g/mol. The summed E-state index contributed by atoms with van der Waals surface area (Å²) in [4.78, 5) is 2.04. The van der Waals surface area contributed by atoms with E-state index in [1.165, 1.54) is 0 Å². The van der Waals surface area contributed by atoms with E-state index in [1.807, 2.05) is 57.0 Å². The largest absolute Gasteiger partial charge is 0.495 e. The average Bonchev–Trinajstić information content (AvgIpc) is 2.37. The molecule has 4 nitrogen and oxygen atoms in total. The Bertz CT molecular complexity index is 453. The summed E-state index contributed by atoms with van der Waals surface area (Å²) in [6.07, 6.45) is 0. The van der Waals surface area contributed by atoms with Crippen molar-refractivity contribution in [2.45, 2.75) is 32.4 Å². The van der Waals surface area contributed by atoms with E-state index in [4.69, 9.17) is 4.74 Å². The Hall–Kier alpha value is -1.73. The van der Waals surface area contributed by atoms with Gasteiger partial charge in [0.15, 0.2) is 0 Å². The molecule has 104 valence electrons. The summed E-state index contributed by atoms with van der Waals surface area (Å²) in [5, 5.41) is 12.7. The summed E-state index contributed by atoms with van der Waals surface area (Å²) in [5.41, 5.74) is 0.390. The van der Waals surface area contributed by atoms with Gasteiger partial charge in [0.25, 0.3) is 0 Å². The molecule has 0 bridgehead atoms. The second kappa shape index (κ2) is 6.44. The van der Waals surface area contributed by atoms with Crippen LogP contribution in [0.25, 0.3) is 0 Å². The Kier molecular flexibility index (Phi) is 5.20. The molecular weight excluding hydrogens is 238 g/mol. The first-order valence-corrected chi connectivity index (χ1v) is 6.45. The molecule has 0 spiro atoms. The first kappa shape index (κ1) is 15.3. The molecule has 1 N–H and O–H groups in total. The fourth-order valence-electron chi connectivity index (χ4n) is 2.26. The Balaban J connectivity index is 2.89. The third-order valence-corrected chi connectivity index (χ3v) is 2.90. The summed E-state index contributed by atoms with van der Waals surface area (Å²) in [6, 6.07) is 10.4. The smallest absolute Gasteiger partial charge is 0.142 e. The lowest BCUT2D eigenvalue weighted by Crippen LogP contribution is -2.52. The molecule has 0 saturated heterocycles. The first-order valence-electron chi connectivity index (χ1n) is 6.45. The maximum absolute atomic E-state index is 9.39. The van der Waals surface area contributed by atoms with Crippen LogP contribution in [0.1, 0.15) is 20.8 Å². The number of nitrogens with zero attached hydrogens (tertiary/aromatic N) is 2. The van der Waals surface area contributed by atoms with Crippen molar-refractivity contribution in [1.29, 1.82) is 5.26 Å². The van der Waals surface area contributed by atoms with Gasteiger partial charge < -0.3 is 9.64 Å².